The van der Waals surface area contributed by atoms with Crippen LogP contribution in [0.3, 0.4) is 0 Å². The Kier molecular flexibility index (Phi) is 4.72. The summed E-state index contributed by atoms with van der Waals surface area (Å²) in [5.41, 5.74) is 0.598. The molecule has 0 fully saturated rings. The van der Waals surface area contributed by atoms with E-state index in [1.165, 1.54) is 0 Å². The Morgan fingerprint density at radius 1 is 1.41 bits per heavy atom. The summed E-state index contributed by atoms with van der Waals surface area (Å²) in [5, 5.41) is 9.91. The SMILES string of the molecule is C=C(C(=O)OCC)C(O)c1ccc(OC)cc1. The zero-order valence-corrected chi connectivity index (χ0v) is 9.97. The highest BCUT2D eigenvalue weighted by Gasteiger charge is 2.19. The Labute approximate surface area is 100 Å². The van der Waals surface area contributed by atoms with Gasteiger partial charge in [0.15, 0.2) is 0 Å². The number of aliphatic hydroxyl groups excluding tert-OH is 1. The molecule has 0 saturated carbocycles. The van der Waals surface area contributed by atoms with E-state index in [9.17, 15) is 9.90 Å². The van der Waals surface area contributed by atoms with E-state index >= 15 is 0 Å². The van der Waals surface area contributed by atoms with Gasteiger partial charge in [-0.1, -0.05) is 18.7 Å². The molecule has 0 spiro atoms. The van der Waals surface area contributed by atoms with Crippen LogP contribution in [0.15, 0.2) is 36.4 Å². The van der Waals surface area contributed by atoms with Gasteiger partial charge in [-0.05, 0) is 24.6 Å². The molecule has 1 unspecified atom stereocenters. The number of rotatable bonds is 5. The first kappa shape index (κ1) is 13.3. The fourth-order valence-corrected chi connectivity index (χ4v) is 1.32. The Hall–Kier alpha value is -1.81. The minimum Gasteiger partial charge on any atom is -0.497 e. The number of carbonyl (C=O) groups excluding carboxylic acids is 1. The lowest BCUT2D eigenvalue weighted by atomic mass is 10.0. The Morgan fingerprint density at radius 2 is 2.00 bits per heavy atom. The number of hydrogen-bond acceptors (Lipinski definition) is 4. The first-order chi connectivity index (χ1) is 8.10. The molecule has 0 aromatic heterocycles. The molecule has 92 valence electrons. The number of methoxy groups -OCH3 is 1. The molecule has 0 aliphatic rings. The van der Waals surface area contributed by atoms with Crippen molar-refractivity contribution in [3.8, 4) is 5.75 Å². The van der Waals surface area contributed by atoms with Crippen molar-refractivity contribution in [2.45, 2.75) is 13.0 Å². The second-order valence-electron chi connectivity index (χ2n) is 3.42. The molecule has 0 aliphatic carbocycles. The average Bonchev–Trinajstić information content (AvgIpc) is 2.37. The molecule has 17 heavy (non-hydrogen) atoms. The molecule has 1 aromatic carbocycles. The summed E-state index contributed by atoms with van der Waals surface area (Å²) in [6, 6.07) is 6.76. The number of aliphatic hydroxyl groups is 1. The van der Waals surface area contributed by atoms with Crippen molar-refractivity contribution in [2.75, 3.05) is 13.7 Å². The highest BCUT2D eigenvalue weighted by atomic mass is 16.5. The molecule has 0 heterocycles. The normalized spacial score (nSPS) is 11.7. The Balaban J connectivity index is 2.77. The van der Waals surface area contributed by atoms with Crippen LogP contribution < -0.4 is 4.74 Å². The summed E-state index contributed by atoms with van der Waals surface area (Å²) < 4.78 is 9.77. The molecule has 0 radical (unpaired) electrons. The van der Waals surface area contributed by atoms with E-state index in [0.717, 1.165) is 0 Å². The van der Waals surface area contributed by atoms with Gasteiger partial charge in [-0.15, -0.1) is 0 Å². The van der Waals surface area contributed by atoms with Crippen molar-refractivity contribution in [1.29, 1.82) is 0 Å². The van der Waals surface area contributed by atoms with Crippen molar-refractivity contribution < 1.29 is 19.4 Å². The third kappa shape index (κ3) is 3.32. The molecular formula is C13H16O4. The van der Waals surface area contributed by atoms with Crippen molar-refractivity contribution >= 4 is 5.97 Å². The van der Waals surface area contributed by atoms with E-state index in [1.807, 2.05) is 0 Å². The van der Waals surface area contributed by atoms with Gasteiger partial charge >= 0.3 is 5.97 Å². The van der Waals surface area contributed by atoms with Crippen LogP contribution in [-0.2, 0) is 9.53 Å². The maximum absolute atomic E-state index is 11.4. The fraction of sp³-hybridized carbons (Fsp3) is 0.308. The highest BCUT2D eigenvalue weighted by molar-refractivity contribution is 5.89. The molecule has 1 atom stereocenters. The Bertz CT molecular complexity index is 394. The summed E-state index contributed by atoms with van der Waals surface area (Å²) in [4.78, 5) is 11.4. The maximum atomic E-state index is 11.4. The molecule has 4 nitrogen and oxygen atoms in total. The summed E-state index contributed by atoms with van der Waals surface area (Å²) in [7, 11) is 1.56. The van der Waals surface area contributed by atoms with E-state index in [2.05, 4.69) is 6.58 Å². The number of esters is 1. The second-order valence-corrected chi connectivity index (χ2v) is 3.42. The van der Waals surface area contributed by atoms with Gasteiger partial charge in [0, 0.05) is 0 Å². The smallest absolute Gasteiger partial charge is 0.336 e. The van der Waals surface area contributed by atoms with Crippen LogP contribution >= 0.6 is 0 Å². The lowest BCUT2D eigenvalue weighted by molar-refractivity contribution is -0.139. The third-order valence-corrected chi connectivity index (χ3v) is 2.30. The number of ether oxygens (including phenoxy) is 2. The summed E-state index contributed by atoms with van der Waals surface area (Å²) >= 11 is 0. The molecule has 0 amide bonds. The minimum absolute atomic E-state index is 0.0250. The van der Waals surface area contributed by atoms with Gasteiger partial charge in [-0.3, -0.25) is 0 Å². The van der Waals surface area contributed by atoms with E-state index < -0.39 is 12.1 Å². The van der Waals surface area contributed by atoms with E-state index in [-0.39, 0.29) is 12.2 Å². The minimum atomic E-state index is -1.06. The predicted molar refractivity (Wildman–Crippen MR) is 63.7 cm³/mol. The number of hydrogen-bond donors (Lipinski definition) is 1. The molecule has 1 rings (SSSR count). The Morgan fingerprint density at radius 3 is 2.47 bits per heavy atom. The first-order valence-corrected chi connectivity index (χ1v) is 5.28. The van der Waals surface area contributed by atoms with Crippen LogP contribution in [0, 0.1) is 0 Å². The molecule has 1 N–H and O–H groups in total. The van der Waals surface area contributed by atoms with Gasteiger partial charge in [0.1, 0.15) is 11.9 Å². The molecule has 0 aliphatic heterocycles. The molecule has 1 aromatic rings. The summed E-state index contributed by atoms with van der Waals surface area (Å²) in [6.07, 6.45) is -1.06. The third-order valence-electron chi connectivity index (χ3n) is 2.30. The van der Waals surface area contributed by atoms with Gasteiger partial charge in [-0.25, -0.2) is 4.79 Å². The number of carbonyl (C=O) groups is 1. The average molecular weight is 236 g/mol. The monoisotopic (exact) mass is 236 g/mol. The van der Waals surface area contributed by atoms with Crippen molar-refractivity contribution in [3.05, 3.63) is 42.0 Å². The lowest BCUT2D eigenvalue weighted by Gasteiger charge is -2.13. The zero-order valence-electron chi connectivity index (χ0n) is 9.97. The van der Waals surface area contributed by atoms with Crippen LogP contribution in [-0.4, -0.2) is 24.8 Å². The zero-order chi connectivity index (χ0) is 12.8. The van der Waals surface area contributed by atoms with Crippen LogP contribution in [0.2, 0.25) is 0 Å². The summed E-state index contributed by atoms with van der Waals surface area (Å²) in [6.45, 7) is 5.49. The highest BCUT2D eigenvalue weighted by Crippen LogP contribution is 2.23. The predicted octanol–water partition coefficient (Wildman–Crippen LogP) is 1.85. The van der Waals surface area contributed by atoms with Gasteiger partial charge in [0.25, 0.3) is 0 Å². The van der Waals surface area contributed by atoms with E-state index in [1.54, 1.807) is 38.3 Å². The lowest BCUT2D eigenvalue weighted by Crippen LogP contribution is -2.13. The standard InChI is InChI=1S/C13H16O4/c1-4-17-13(15)9(2)12(14)10-5-7-11(16-3)8-6-10/h5-8,12,14H,2,4H2,1,3H3. The summed E-state index contributed by atoms with van der Waals surface area (Å²) in [5.74, 6) is 0.0958. The molecule has 4 heteroatoms. The van der Waals surface area contributed by atoms with Crippen LogP contribution in [0.4, 0.5) is 0 Å². The van der Waals surface area contributed by atoms with Gasteiger partial charge in [0.2, 0.25) is 0 Å². The van der Waals surface area contributed by atoms with E-state index in [0.29, 0.717) is 11.3 Å². The molecule has 0 bridgehead atoms. The van der Waals surface area contributed by atoms with Crippen molar-refractivity contribution in [1.82, 2.24) is 0 Å². The van der Waals surface area contributed by atoms with Crippen LogP contribution in [0.25, 0.3) is 0 Å². The van der Waals surface area contributed by atoms with Gasteiger partial charge in [0.05, 0.1) is 19.3 Å². The van der Waals surface area contributed by atoms with Crippen molar-refractivity contribution in [3.63, 3.8) is 0 Å². The van der Waals surface area contributed by atoms with Gasteiger partial charge in [-0.2, -0.15) is 0 Å². The first-order valence-electron chi connectivity index (χ1n) is 5.28. The fourth-order valence-electron chi connectivity index (χ4n) is 1.32. The van der Waals surface area contributed by atoms with Crippen LogP contribution in [0.1, 0.15) is 18.6 Å². The van der Waals surface area contributed by atoms with Crippen LogP contribution in [0.5, 0.6) is 5.75 Å². The maximum Gasteiger partial charge on any atom is 0.336 e. The van der Waals surface area contributed by atoms with Gasteiger partial charge < -0.3 is 14.6 Å². The van der Waals surface area contributed by atoms with E-state index in [4.69, 9.17) is 9.47 Å². The quantitative estimate of drug-likeness (QED) is 0.626. The molecular weight excluding hydrogens is 220 g/mol. The molecule has 0 saturated heterocycles. The van der Waals surface area contributed by atoms with Crippen molar-refractivity contribution in [2.24, 2.45) is 0 Å². The largest absolute Gasteiger partial charge is 0.497 e. The number of benzene rings is 1. The second kappa shape index (κ2) is 6.06. The topological polar surface area (TPSA) is 55.8 Å².